The van der Waals surface area contributed by atoms with Crippen molar-refractivity contribution in [3.05, 3.63) is 100 Å². The third kappa shape index (κ3) is 5.34. The largest absolute Gasteiger partial charge is 0.497 e. The molecule has 0 radical (unpaired) electrons. The molecule has 170 valence electrons. The zero-order valence-electron chi connectivity index (χ0n) is 18.1. The van der Waals surface area contributed by atoms with Gasteiger partial charge in [0.2, 0.25) is 5.91 Å². The first-order valence-corrected chi connectivity index (χ1v) is 11.0. The SMILES string of the molecule is COc1cccc([C@@H]2CN(C(=O)c3cccc(Cl)c3)C[C@@H]2C(=O)NCc2ccc(F)cc2)c1. The van der Waals surface area contributed by atoms with Gasteiger partial charge in [0, 0.05) is 36.1 Å². The third-order valence-corrected chi connectivity index (χ3v) is 6.15. The van der Waals surface area contributed by atoms with Crippen LogP contribution in [0.1, 0.15) is 27.4 Å². The highest BCUT2D eigenvalue weighted by Crippen LogP contribution is 2.35. The molecule has 33 heavy (non-hydrogen) atoms. The quantitative estimate of drug-likeness (QED) is 0.574. The molecule has 0 unspecified atom stereocenters. The summed E-state index contributed by atoms with van der Waals surface area (Å²) in [6, 6.07) is 20.4. The lowest BCUT2D eigenvalue weighted by Crippen LogP contribution is -2.35. The number of nitrogens with one attached hydrogen (secondary N) is 1. The summed E-state index contributed by atoms with van der Waals surface area (Å²) in [5, 5.41) is 3.43. The minimum absolute atomic E-state index is 0.159. The van der Waals surface area contributed by atoms with Crippen molar-refractivity contribution >= 4 is 23.4 Å². The minimum atomic E-state index is -0.444. The summed E-state index contributed by atoms with van der Waals surface area (Å²) in [4.78, 5) is 28.1. The molecule has 0 bridgehead atoms. The molecule has 2 atom stereocenters. The van der Waals surface area contributed by atoms with Crippen molar-refractivity contribution in [2.24, 2.45) is 5.92 Å². The van der Waals surface area contributed by atoms with Crippen molar-refractivity contribution in [2.45, 2.75) is 12.5 Å². The molecule has 2 amide bonds. The second kappa shape index (κ2) is 10.0. The Kier molecular flexibility index (Phi) is 6.94. The van der Waals surface area contributed by atoms with Gasteiger partial charge in [0.15, 0.2) is 0 Å². The number of nitrogens with zero attached hydrogens (tertiary/aromatic N) is 1. The Morgan fingerprint density at radius 1 is 1.06 bits per heavy atom. The number of benzene rings is 3. The van der Waals surface area contributed by atoms with Crippen LogP contribution in [-0.2, 0) is 11.3 Å². The van der Waals surface area contributed by atoms with E-state index in [-0.39, 0.29) is 36.6 Å². The van der Waals surface area contributed by atoms with Crippen LogP contribution >= 0.6 is 11.6 Å². The van der Waals surface area contributed by atoms with Gasteiger partial charge in [-0.25, -0.2) is 4.39 Å². The number of amides is 2. The first kappa shape index (κ1) is 22.8. The molecule has 1 aliphatic heterocycles. The number of carbonyl (C=O) groups excluding carboxylic acids is 2. The van der Waals surface area contributed by atoms with Crippen LogP contribution in [0.4, 0.5) is 4.39 Å². The van der Waals surface area contributed by atoms with Crippen LogP contribution in [0.25, 0.3) is 0 Å². The van der Waals surface area contributed by atoms with Crippen LogP contribution in [0.15, 0.2) is 72.8 Å². The highest BCUT2D eigenvalue weighted by Gasteiger charge is 2.40. The van der Waals surface area contributed by atoms with Crippen LogP contribution in [0.3, 0.4) is 0 Å². The summed E-state index contributed by atoms with van der Waals surface area (Å²) in [6.45, 7) is 0.957. The molecule has 3 aromatic rings. The van der Waals surface area contributed by atoms with Gasteiger partial charge in [0.25, 0.3) is 5.91 Å². The number of ether oxygens (including phenoxy) is 1. The fourth-order valence-corrected chi connectivity index (χ4v) is 4.36. The lowest BCUT2D eigenvalue weighted by atomic mass is 9.88. The molecule has 7 heteroatoms. The summed E-state index contributed by atoms with van der Waals surface area (Å²) in [5.41, 5.74) is 2.21. The maximum atomic E-state index is 13.2. The molecular formula is C26H24ClFN2O3. The predicted octanol–water partition coefficient (Wildman–Crippen LogP) is 4.66. The molecule has 1 fully saturated rings. The second-order valence-corrected chi connectivity index (χ2v) is 8.49. The normalized spacial score (nSPS) is 17.6. The Morgan fingerprint density at radius 3 is 2.55 bits per heavy atom. The zero-order chi connectivity index (χ0) is 23.4. The highest BCUT2D eigenvalue weighted by atomic mass is 35.5. The van der Waals surface area contributed by atoms with E-state index in [1.54, 1.807) is 48.4 Å². The van der Waals surface area contributed by atoms with Gasteiger partial charge in [-0.15, -0.1) is 0 Å². The Balaban J connectivity index is 1.56. The van der Waals surface area contributed by atoms with Crippen LogP contribution in [0, 0.1) is 11.7 Å². The summed E-state index contributed by atoms with van der Waals surface area (Å²) in [6.07, 6.45) is 0. The number of halogens is 2. The van der Waals surface area contributed by atoms with E-state index >= 15 is 0 Å². The molecular weight excluding hydrogens is 443 g/mol. The number of carbonyl (C=O) groups is 2. The predicted molar refractivity (Wildman–Crippen MR) is 125 cm³/mol. The van der Waals surface area contributed by atoms with Crippen molar-refractivity contribution in [2.75, 3.05) is 20.2 Å². The minimum Gasteiger partial charge on any atom is -0.497 e. The first-order valence-electron chi connectivity index (χ1n) is 10.7. The van der Waals surface area contributed by atoms with Gasteiger partial charge >= 0.3 is 0 Å². The first-order chi connectivity index (χ1) is 15.9. The van der Waals surface area contributed by atoms with Gasteiger partial charge in [-0.1, -0.05) is 41.9 Å². The van der Waals surface area contributed by atoms with Crippen molar-refractivity contribution < 1.29 is 18.7 Å². The van der Waals surface area contributed by atoms with Crippen molar-refractivity contribution in [3.8, 4) is 5.75 Å². The Bertz CT molecular complexity index is 1150. The Hall–Kier alpha value is -3.38. The van der Waals surface area contributed by atoms with Crippen molar-refractivity contribution in [1.29, 1.82) is 0 Å². The molecule has 1 heterocycles. The molecule has 4 rings (SSSR count). The van der Waals surface area contributed by atoms with Gasteiger partial charge in [-0.3, -0.25) is 9.59 Å². The summed E-state index contributed by atoms with van der Waals surface area (Å²) < 4.78 is 18.5. The van der Waals surface area contributed by atoms with E-state index in [4.69, 9.17) is 16.3 Å². The van der Waals surface area contributed by atoms with Gasteiger partial charge < -0.3 is 15.0 Å². The maximum Gasteiger partial charge on any atom is 0.253 e. The Labute approximate surface area is 197 Å². The third-order valence-electron chi connectivity index (χ3n) is 5.92. The van der Waals surface area contributed by atoms with E-state index in [0.29, 0.717) is 22.9 Å². The van der Waals surface area contributed by atoms with Gasteiger partial charge in [0.05, 0.1) is 13.0 Å². The van der Waals surface area contributed by atoms with Crippen molar-refractivity contribution in [1.82, 2.24) is 10.2 Å². The van der Waals surface area contributed by atoms with Crippen LogP contribution < -0.4 is 10.1 Å². The maximum absolute atomic E-state index is 13.2. The molecule has 0 saturated carbocycles. The van der Waals surface area contributed by atoms with E-state index in [9.17, 15) is 14.0 Å². The number of hydrogen-bond donors (Lipinski definition) is 1. The molecule has 1 N–H and O–H groups in total. The van der Waals surface area contributed by atoms with E-state index < -0.39 is 5.92 Å². The topological polar surface area (TPSA) is 58.6 Å². The lowest BCUT2D eigenvalue weighted by molar-refractivity contribution is -0.125. The number of likely N-dealkylation sites (tertiary alicyclic amines) is 1. The van der Waals surface area contributed by atoms with Gasteiger partial charge in [-0.05, 0) is 53.6 Å². The van der Waals surface area contributed by atoms with Crippen molar-refractivity contribution in [3.63, 3.8) is 0 Å². The molecule has 0 spiro atoms. The average molecular weight is 467 g/mol. The molecule has 0 aliphatic carbocycles. The summed E-state index contributed by atoms with van der Waals surface area (Å²) in [7, 11) is 1.59. The van der Waals surface area contributed by atoms with E-state index in [1.807, 2.05) is 24.3 Å². The second-order valence-electron chi connectivity index (χ2n) is 8.05. The molecule has 3 aromatic carbocycles. The Morgan fingerprint density at radius 2 is 1.82 bits per heavy atom. The summed E-state index contributed by atoms with van der Waals surface area (Å²) in [5.74, 6) is -0.600. The zero-order valence-corrected chi connectivity index (χ0v) is 18.9. The number of rotatable bonds is 6. The molecule has 1 saturated heterocycles. The van der Waals surface area contributed by atoms with Crippen LogP contribution in [0.5, 0.6) is 5.75 Å². The smallest absolute Gasteiger partial charge is 0.253 e. The van der Waals surface area contributed by atoms with E-state index in [0.717, 1.165) is 11.1 Å². The summed E-state index contributed by atoms with van der Waals surface area (Å²) >= 11 is 6.07. The van der Waals surface area contributed by atoms with Gasteiger partial charge in [-0.2, -0.15) is 0 Å². The van der Waals surface area contributed by atoms with E-state index in [2.05, 4.69) is 5.32 Å². The standard InChI is InChI=1S/C26H24ClFN2O3/c1-33-22-7-3-4-18(13-22)23-15-30(26(32)19-5-2-6-20(27)12-19)16-24(23)25(31)29-14-17-8-10-21(28)11-9-17/h2-13,23-24H,14-16H2,1H3,(H,29,31)/t23-,24-/m0/s1. The highest BCUT2D eigenvalue weighted by molar-refractivity contribution is 6.30. The van der Waals surface area contributed by atoms with Gasteiger partial charge in [0.1, 0.15) is 11.6 Å². The molecule has 0 aromatic heterocycles. The fraction of sp³-hybridized carbons (Fsp3) is 0.231. The number of hydrogen-bond acceptors (Lipinski definition) is 3. The molecule has 5 nitrogen and oxygen atoms in total. The fourth-order valence-electron chi connectivity index (χ4n) is 4.17. The van der Waals surface area contributed by atoms with Crippen LogP contribution in [0.2, 0.25) is 5.02 Å². The number of methoxy groups -OCH3 is 1. The van der Waals surface area contributed by atoms with Crippen LogP contribution in [-0.4, -0.2) is 36.9 Å². The molecule has 1 aliphatic rings. The average Bonchev–Trinajstić information content (AvgIpc) is 3.29. The lowest BCUT2D eigenvalue weighted by Gasteiger charge is -2.18. The monoisotopic (exact) mass is 466 g/mol. The van der Waals surface area contributed by atoms with E-state index in [1.165, 1.54) is 12.1 Å².